The number of aromatic nitrogens is 2. The minimum atomic E-state index is 0.856. The lowest BCUT2D eigenvalue weighted by atomic mass is 10.2. The van der Waals surface area contributed by atoms with E-state index in [4.69, 9.17) is 4.98 Å². The van der Waals surface area contributed by atoms with Crippen LogP contribution in [0.1, 0.15) is 31.2 Å². The van der Waals surface area contributed by atoms with Crippen LogP contribution in [-0.4, -0.2) is 15.3 Å². The minimum Gasteiger partial charge on any atom is -0.328 e. The molecule has 3 heteroatoms. The minimum absolute atomic E-state index is 0.856. The number of nitrogens with zero attached hydrogens (tertiary/aromatic N) is 2. The van der Waals surface area contributed by atoms with Gasteiger partial charge in [0.2, 0.25) is 0 Å². The third-order valence-corrected chi connectivity index (χ3v) is 3.28. The van der Waals surface area contributed by atoms with Crippen molar-refractivity contribution in [3.8, 4) is 0 Å². The van der Waals surface area contributed by atoms with Gasteiger partial charge in [-0.15, -0.1) is 0 Å². The molecule has 0 fully saturated rings. The van der Waals surface area contributed by atoms with Gasteiger partial charge in [-0.2, -0.15) is 12.6 Å². The lowest BCUT2D eigenvalue weighted by Crippen LogP contribution is -2.04. The second kappa shape index (κ2) is 5.58. The summed E-state index contributed by atoms with van der Waals surface area (Å²) in [5.41, 5.74) is 3.66. The number of hydrogen-bond donors (Lipinski definition) is 1. The zero-order chi connectivity index (χ0) is 12.3. The van der Waals surface area contributed by atoms with Crippen LogP contribution < -0.4 is 0 Å². The van der Waals surface area contributed by atoms with Crippen LogP contribution in [-0.2, 0) is 13.0 Å². The summed E-state index contributed by atoms with van der Waals surface area (Å²) >= 11 is 4.32. The average Bonchev–Trinajstić information content (AvgIpc) is 2.63. The van der Waals surface area contributed by atoms with Crippen LogP contribution in [0.5, 0.6) is 0 Å². The summed E-state index contributed by atoms with van der Waals surface area (Å²) in [4.78, 5) is 4.73. The topological polar surface area (TPSA) is 17.8 Å². The molecule has 0 amide bonds. The second-order valence-corrected chi connectivity index (χ2v) is 4.95. The van der Waals surface area contributed by atoms with Gasteiger partial charge in [0.1, 0.15) is 5.82 Å². The SMILES string of the molecule is CCCCn1c(CCS)nc2cc(C)ccc21. The highest BCUT2D eigenvalue weighted by molar-refractivity contribution is 7.80. The number of imidazole rings is 1. The van der Waals surface area contributed by atoms with Crippen LogP contribution in [0.4, 0.5) is 0 Å². The molecule has 2 aromatic rings. The number of thiol groups is 1. The molecule has 1 aromatic heterocycles. The Balaban J connectivity index is 2.46. The van der Waals surface area contributed by atoms with Gasteiger partial charge in [0.05, 0.1) is 11.0 Å². The van der Waals surface area contributed by atoms with E-state index in [0.717, 1.165) is 24.2 Å². The molecule has 0 spiro atoms. The number of fused-ring (bicyclic) bond motifs is 1. The van der Waals surface area contributed by atoms with Gasteiger partial charge in [-0.1, -0.05) is 19.4 Å². The monoisotopic (exact) mass is 248 g/mol. The molecule has 0 aliphatic rings. The summed E-state index contributed by atoms with van der Waals surface area (Å²) in [5.74, 6) is 2.03. The van der Waals surface area contributed by atoms with Crippen molar-refractivity contribution in [2.24, 2.45) is 0 Å². The second-order valence-electron chi connectivity index (χ2n) is 4.50. The van der Waals surface area contributed by atoms with E-state index in [0.29, 0.717) is 0 Å². The normalized spacial score (nSPS) is 11.2. The molecule has 0 saturated carbocycles. The number of benzene rings is 1. The molecule has 1 aromatic carbocycles. The summed E-state index contributed by atoms with van der Waals surface area (Å²) in [6.45, 7) is 5.41. The first-order valence-corrected chi connectivity index (χ1v) is 6.96. The summed E-state index contributed by atoms with van der Waals surface area (Å²) in [7, 11) is 0. The third-order valence-electron chi connectivity index (χ3n) is 3.05. The maximum absolute atomic E-state index is 4.73. The lowest BCUT2D eigenvalue weighted by Gasteiger charge is -2.07. The lowest BCUT2D eigenvalue weighted by molar-refractivity contribution is 0.621. The molecule has 0 unspecified atom stereocenters. The van der Waals surface area contributed by atoms with Crippen molar-refractivity contribution < 1.29 is 0 Å². The van der Waals surface area contributed by atoms with Gasteiger partial charge in [0.15, 0.2) is 0 Å². The van der Waals surface area contributed by atoms with Crippen LogP contribution in [0.3, 0.4) is 0 Å². The fourth-order valence-electron chi connectivity index (χ4n) is 2.15. The Bertz CT molecular complexity index is 502. The maximum atomic E-state index is 4.73. The Morgan fingerprint density at radius 3 is 2.88 bits per heavy atom. The first-order chi connectivity index (χ1) is 8.26. The van der Waals surface area contributed by atoms with Crippen molar-refractivity contribution in [2.75, 3.05) is 5.75 Å². The van der Waals surface area contributed by atoms with Crippen molar-refractivity contribution in [1.29, 1.82) is 0 Å². The number of unbranched alkanes of at least 4 members (excludes halogenated alkanes) is 1. The van der Waals surface area contributed by atoms with Crippen LogP contribution in [0.15, 0.2) is 18.2 Å². The van der Waals surface area contributed by atoms with Crippen molar-refractivity contribution in [3.05, 3.63) is 29.6 Å². The quantitative estimate of drug-likeness (QED) is 0.800. The molecule has 0 N–H and O–H groups in total. The molecule has 0 atom stereocenters. The molecule has 1 heterocycles. The van der Waals surface area contributed by atoms with E-state index < -0.39 is 0 Å². The maximum Gasteiger partial charge on any atom is 0.110 e. The Labute approximate surface area is 108 Å². The summed E-state index contributed by atoms with van der Waals surface area (Å²) in [5, 5.41) is 0. The van der Waals surface area contributed by atoms with E-state index in [2.05, 4.69) is 49.2 Å². The summed E-state index contributed by atoms with van der Waals surface area (Å²) in [6.07, 6.45) is 3.37. The zero-order valence-corrected chi connectivity index (χ0v) is 11.5. The largest absolute Gasteiger partial charge is 0.328 e. The van der Waals surface area contributed by atoms with E-state index in [9.17, 15) is 0 Å². The molecule has 0 bridgehead atoms. The van der Waals surface area contributed by atoms with E-state index >= 15 is 0 Å². The highest BCUT2D eigenvalue weighted by Crippen LogP contribution is 2.19. The average molecular weight is 248 g/mol. The molecule has 2 rings (SSSR count). The molecule has 2 nitrogen and oxygen atoms in total. The van der Waals surface area contributed by atoms with Crippen LogP contribution in [0, 0.1) is 6.92 Å². The van der Waals surface area contributed by atoms with Crippen molar-refractivity contribution >= 4 is 23.7 Å². The van der Waals surface area contributed by atoms with Gasteiger partial charge in [0.25, 0.3) is 0 Å². The van der Waals surface area contributed by atoms with E-state index in [-0.39, 0.29) is 0 Å². The fourth-order valence-corrected chi connectivity index (χ4v) is 2.35. The van der Waals surface area contributed by atoms with Crippen LogP contribution >= 0.6 is 12.6 Å². The molecule has 92 valence electrons. The number of rotatable bonds is 5. The molecule has 0 aliphatic heterocycles. The molecule has 0 aliphatic carbocycles. The molecule has 0 saturated heterocycles. The van der Waals surface area contributed by atoms with Crippen LogP contribution in [0.2, 0.25) is 0 Å². The van der Waals surface area contributed by atoms with Gasteiger partial charge >= 0.3 is 0 Å². The van der Waals surface area contributed by atoms with E-state index in [1.54, 1.807) is 0 Å². The molecular weight excluding hydrogens is 228 g/mol. The third kappa shape index (κ3) is 2.65. The first-order valence-electron chi connectivity index (χ1n) is 6.33. The van der Waals surface area contributed by atoms with E-state index in [1.807, 2.05) is 0 Å². The first kappa shape index (κ1) is 12.5. The van der Waals surface area contributed by atoms with E-state index in [1.165, 1.54) is 29.7 Å². The molecular formula is C14H20N2S. The summed E-state index contributed by atoms with van der Waals surface area (Å²) in [6, 6.07) is 6.52. The Morgan fingerprint density at radius 1 is 1.35 bits per heavy atom. The summed E-state index contributed by atoms with van der Waals surface area (Å²) < 4.78 is 2.36. The van der Waals surface area contributed by atoms with Gasteiger partial charge in [-0.25, -0.2) is 4.98 Å². The predicted octanol–water partition coefficient (Wildman–Crippen LogP) is 3.62. The van der Waals surface area contributed by atoms with Gasteiger partial charge in [-0.05, 0) is 36.8 Å². The van der Waals surface area contributed by atoms with Crippen molar-refractivity contribution in [3.63, 3.8) is 0 Å². The highest BCUT2D eigenvalue weighted by Gasteiger charge is 2.09. The number of aryl methyl sites for hydroxylation is 3. The molecule has 0 radical (unpaired) electrons. The fraction of sp³-hybridized carbons (Fsp3) is 0.500. The zero-order valence-electron chi connectivity index (χ0n) is 10.6. The molecule has 17 heavy (non-hydrogen) atoms. The smallest absolute Gasteiger partial charge is 0.110 e. The van der Waals surface area contributed by atoms with Crippen molar-refractivity contribution in [2.45, 2.75) is 39.7 Å². The van der Waals surface area contributed by atoms with Gasteiger partial charge < -0.3 is 4.57 Å². The Kier molecular flexibility index (Phi) is 4.11. The Morgan fingerprint density at radius 2 is 2.18 bits per heavy atom. The van der Waals surface area contributed by atoms with Gasteiger partial charge in [-0.3, -0.25) is 0 Å². The van der Waals surface area contributed by atoms with Crippen molar-refractivity contribution in [1.82, 2.24) is 9.55 Å². The van der Waals surface area contributed by atoms with Gasteiger partial charge in [0, 0.05) is 13.0 Å². The Hall–Kier alpha value is -0.960. The van der Waals surface area contributed by atoms with Crippen LogP contribution in [0.25, 0.3) is 11.0 Å². The standard InChI is InChI=1S/C14H20N2S/c1-3-4-8-16-13-6-5-11(2)10-12(13)15-14(16)7-9-17/h5-6,10,17H,3-4,7-9H2,1-2H3. The predicted molar refractivity (Wildman–Crippen MR) is 76.9 cm³/mol. The highest BCUT2D eigenvalue weighted by atomic mass is 32.1. The number of hydrogen-bond acceptors (Lipinski definition) is 2.